The van der Waals surface area contributed by atoms with Gasteiger partial charge in [0.15, 0.2) is 8.45 Å². The Bertz CT molecular complexity index is 44.7. The molecule has 0 atom stereocenters. The number of rotatable bonds is 3. The fraction of sp³-hybridized carbons (Fsp3) is 1.00. The lowest BCUT2D eigenvalue weighted by Gasteiger charge is -2.01. The molecule has 0 aliphatic carbocycles. The van der Waals surface area contributed by atoms with Crippen LogP contribution in [0.2, 0.25) is 0 Å². The van der Waals surface area contributed by atoms with E-state index in [-0.39, 0.29) is 0 Å². The van der Waals surface area contributed by atoms with Gasteiger partial charge in [0.05, 0.1) is 6.61 Å². The lowest BCUT2D eigenvalue weighted by Crippen LogP contribution is -2.03. The Morgan fingerprint density at radius 1 is 1.57 bits per heavy atom. The predicted octanol–water partition coefficient (Wildman–Crippen LogP) is 0.542. The molecule has 5 heteroatoms. The van der Waals surface area contributed by atoms with Gasteiger partial charge in [0.25, 0.3) is 0 Å². The van der Waals surface area contributed by atoms with Crippen molar-refractivity contribution in [2.75, 3.05) is 11.9 Å². The molecule has 0 aromatic carbocycles. The quantitative estimate of drug-likeness (QED) is 0.500. The van der Waals surface area contributed by atoms with Crippen molar-refractivity contribution in [2.45, 2.75) is 0 Å². The minimum Gasteiger partial charge on any atom is -0.331 e. The first-order valence-corrected chi connectivity index (χ1v) is 4.27. The fourth-order valence-corrected chi connectivity index (χ4v) is 0.854. The first kappa shape index (κ1) is 7.79. The standard InChI is InChI=1S/C2H8BrN2OP/c3-1-2-6-7(4)5/h1-2,4-5H2. The van der Waals surface area contributed by atoms with Gasteiger partial charge in [-0.25, -0.2) is 0 Å². The molecule has 0 aliphatic rings. The fourth-order valence-electron chi connectivity index (χ4n) is 0.140. The number of alkyl halides is 1. The maximum Gasteiger partial charge on any atom is 0.176 e. The molecule has 7 heavy (non-hydrogen) atoms. The maximum absolute atomic E-state index is 5.08. The third-order valence-electron chi connectivity index (χ3n) is 0.318. The van der Waals surface area contributed by atoms with Crippen molar-refractivity contribution in [1.82, 2.24) is 0 Å². The average Bonchev–Trinajstić information content (AvgIpc) is 1.61. The van der Waals surface area contributed by atoms with Gasteiger partial charge < -0.3 is 4.52 Å². The van der Waals surface area contributed by atoms with Crippen LogP contribution in [0.25, 0.3) is 0 Å². The van der Waals surface area contributed by atoms with E-state index in [1.165, 1.54) is 0 Å². The summed E-state index contributed by atoms with van der Waals surface area (Å²) in [4.78, 5) is 0. The Morgan fingerprint density at radius 2 is 2.14 bits per heavy atom. The van der Waals surface area contributed by atoms with E-state index in [0.29, 0.717) is 6.61 Å². The normalized spacial score (nSPS) is 10.3. The highest BCUT2D eigenvalue weighted by Gasteiger charge is 1.89. The highest BCUT2D eigenvalue weighted by atomic mass is 79.9. The van der Waals surface area contributed by atoms with E-state index in [0.717, 1.165) is 5.33 Å². The Hall–Kier alpha value is 0.790. The minimum atomic E-state index is -1.14. The van der Waals surface area contributed by atoms with E-state index in [4.69, 9.17) is 15.5 Å². The monoisotopic (exact) mass is 186 g/mol. The van der Waals surface area contributed by atoms with Gasteiger partial charge in [-0.1, -0.05) is 15.9 Å². The second kappa shape index (κ2) is 4.94. The molecular weight excluding hydrogens is 179 g/mol. The van der Waals surface area contributed by atoms with Crippen molar-refractivity contribution in [3.63, 3.8) is 0 Å². The smallest absolute Gasteiger partial charge is 0.176 e. The van der Waals surface area contributed by atoms with Crippen LogP contribution in [0.1, 0.15) is 0 Å². The summed E-state index contributed by atoms with van der Waals surface area (Å²) in [5.74, 6) is 0. The molecule has 0 unspecified atom stereocenters. The van der Waals surface area contributed by atoms with Gasteiger partial charge in [-0.2, -0.15) is 0 Å². The van der Waals surface area contributed by atoms with Crippen LogP contribution < -0.4 is 11.0 Å². The van der Waals surface area contributed by atoms with Crippen LogP contribution in [0.3, 0.4) is 0 Å². The highest BCUT2D eigenvalue weighted by Crippen LogP contribution is 2.13. The molecule has 0 saturated carbocycles. The van der Waals surface area contributed by atoms with Gasteiger partial charge >= 0.3 is 0 Å². The molecule has 3 nitrogen and oxygen atoms in total. The molecule has 0 fully saturated rings. The molecule has 0 saturated heterocycles. The van der Waals surface area contributed by atoms with Gasteiger partial charge in [0.1, 0.15) is 0 Å². The highest BCUT2D eigenvalue weighted by molar-refractivity contribution is 9.09. The van der Waals surface area contributed by atoms with Crippen molar-refractivity contribution < 1.29 is 4.52 Å². The summed E-state index contributed by atoms with van der Waals surface area (Å²) in [5.41, 5.74) is 10.2. The second-order valence-corrected chi connectivity index (χ2v) is 2.65. The lowest BCUT2D eigenvalue weighted by molar-refractivity contribution is 0.384. The number of hydrogen-bond donors (Lipinski definition) is 2. The SMILES string of the molecule is NP(N)OCCBr. The molecule has 0 heterocycles. The number of nitrogens with two attached hydrogens (primary N) is 2. The van der Waals surface area contributed by atoms with Crippen LogP contribution in [0.15, 0.2) is 0 Å². The maximum atomic E-state index is 5.08. The van der Waals surface area contributed by atoms with E-state index in [1.807, 2.05) is 0 Å². The van der Waals surface area contributed by atoms with E-state index < -0.39 is 8.45 Å². The van der Waals surface area contributed by atoms with Crippen LogP contribution in [0.4, 0.5) is 0 Å². The molecule has 0 amide bonds. The summed E-state index contributed by atoms with van der Waals surface area (Å²) in [7, 11) is -1.14. The third-order valence-corrected chi connectivity index (χ3v) is 1.12. The first-order valence-electron chi connectivity index (χ1n) is 1.75. The van der Waals surface area contributed by atoms with Gasteiger partial charge in [-0.3, -0.25) is 11.0 Å². The van der Waals surface area contributed by atoms with Gasteiger partial charge in [-0.15, -0.1) is 0 Å². The lowest BCUT2D eigenvalue weighted by atomic mass is 10.9. The zero-order valence-corrected chi connectivity index (χ0v) is 6.28. The first-order chi connectivity index (χ1) is 3.27. The second-order valence-electron chi connectivity index (χ2n) is 0.882. The zero-order valence-electron chi connectivity index (χ0n) is 3.80. The Morgan fingerprint density at radius 3 is 2.29 bits per heavy atom. The summed E-state index contributed by atoms with van der Waals surface area (Å²) >= 11 is 3.15. The van der Waals surface area contributed by atoms with E-state index in [1.54, 1.807) is 0 Å². The molecule has 0 rings (SSSR count). The van der Waals surface area contributed by atoms with Crippen LogP contribution >= 0.6 is 24.4 Å². The summed E-state index contributed by atoms with van der Waals surface area (Å²) in [5, 5.41) is 0.792. The Labute approximate surface area is 52.5 Å². The van der Waals surface area contributed by atoms with Crippen molar-refractivity contribution in [2.24, 2.45) is 11.0 Å². The minimum absolute atomic E-state index is 0.596. The Balaban J connectivity index is 2.68. The van der Waals surface area contributed by atoms with Gasteiger partial charge in [0, 0.05) is 5.33 Å². The van der Waals surface area contributed by atoms with Crippen molar-refractivity contribution in [1.29, 1.82) is 0 Å². The van der Waals surface area contributed by atoms with E-state index >= 15 is 0 Å². The van der Waals surface area contributed by atoms with Gasteiger partial charge in [0.2, 0.25) is 0 Å². The van der Waals surface area contributed by atoms with E-state index in [9.17, 15) is 0 Å². The zero-order chi connectivity index (χ0) is 5.70. The molecule has 0 bridgehead atoms. The number of hydrogen-bond acceptors (Lipinski definition) is 3. The average molecular weight is 187 g/mol. The van der Waals surface area contributed by atoms with Crippen molar-refractivity contribution in [3.8, 4) is 0 Å². The summed E-state index contributed by atoms with van der Waals surface area (Å²) in [6.07, 6.45) is 0. The topological polar surface area (TPSA) is 61.3 Å². The molecule has 44 valence electrons. The van der Waals surface area contributed by atoms with E-state index in [2.05, 4.69) is 15.9 Å². The largest absolute Gasteiger partial charge is 0.331 e. The van der Waals surface area contributed by atoms with Crippen LogP contribution in [0.5, 0.6) is 0 Å². The van der Waals surface area contributed by atoms with Crippen molar-refractivity contribution >= 4 is 24.4 Å². The Kier molecular flexibility index (Phi) is 5.49. The summed E-state index contributed by atoms with van der Waals surface area (Å²) in [6.45, 7) is 0.596. The molecule has 0 aliphatic heterocycles. The number of halogens is 1. The van der Waals surface area contributed by atoms with Crippen LogP contribution in [-0.4, -0.2) is 11.9 Å². The van der Waals surface area contributed by atoms with Crippen molar-refractivity contribution in [3.05, 3.63) is 0 Å². The molecular formula is C2H8BrN2OP. The molecule has 0 aromatic rings. The molecule has 0 radical (unpaired) electrons. The summed E-state index contributed by atoms with van der Waals surface area (Å²) in [6, 6.07) is 0. The molecule has 0 aromatic heterocycles. The third kappa shape index (κ3) is 6.79. The summed E-state index contributed by atoms with van der Waals surface area (Å²) < 4.78 is 4.76. The predicted molar refractivity (Wildman–Crippen MR) is 35.0 cm³/mol. The molecule has 4 N–H and O–H groups in total. The van der Waals surface area contributed by atoms with Crippen LogP contribution in [0, 0.1) is 0 Å². The van der Waals surface area contributed by atoms with Crippen LogP contribution in [-0.2, 0) is 4.52 Å². The molecule has 0 spiro atoms. The van der Waals surface area contributed by atoms with Gasteiger partial charge in [-0.05, 0) is 0 Å².